The molecule has 0 radical (unpaired) electrons. The van der Waals surface area contributed by atoms with E-state index >= 15 is 0 Å². The van der Waals surface area contributed by atoms with Crippen LogP contribution in [0.1, 0.15) is 37.6 Å². The van der Waals surface area contributed by atoms with Gasteiger partial charge in [0.1, 0.15) is 0 Å². The van der Waals surface area contributed by atoms with E-state index in [2.05, 4.69) is 44.0 Å². The van der Waals surface area contributed by atoms with Crippen LogP contribution in [-0.2, 0) is 16.6 Å². The normalized spacial score (nSPS) is 12.0. The molecule has 2 rings (SSSR count). The van der Waals surface area contributed by atoms with Crippen LogP contribution in [-0.4, -0.2) is 10.9 Å². The topological polar surface area (TPSA) is 58.9 Å². The van der Waals surface area contributed by atoms with Crippen LogP contribution in [0.2, 0.25) is 0 Å². The van der Waals surface area contributed by atoms with Gasteiger partial charge in [0.05, 0.1) is 6.42 Å². The highest BCUT2D eigenvalue weighted by atomic mass is 16.1. The minimum atomic E-state index is -0.292. The number of hydrogen-bond donors (Lipinski definition) is 2. The first-order valence-electron chi connectivity index (χ1n) is 6.19. The number of nitrogens with one attached hydrogen (secondary N) is 1. The Bertz CT molecular complexity index is 603. The van der Waals surface area contributed by atoms with E-state index in [1.165, 1.54) is 5.56 Å². The molecule has 1 heterocycles. The Balaban J connectivity index is 2.63. The van der Waals surface area contributed by atoms with Gasteiger partial charge in [0, 0.05) is 16.6 Å². The molecule has 0 spiro atoms. The number of fused-ring (bicyclic) bond motifs is 1. The second-order valence-corrected chi connectivity index (χ2v) is 5.88. The SMILES string of the molecule is Cc1[nH]c2ccc(C(C)(C)C)cc2c1CC(N)=O. The third-order valence-corrected chi connectivity index (χ3v) is 3.34. The first kappa shape index (κ1) is 12.7. The van der Waals surface area contributed by atoms with Crippen molar-refractivity contribution in [2.75, 3.05) is 0 Å². The molecular formula is C15H20N2O. The van der Waals surface area contributed by atoms with Crippen molar-refractivity contribution in [2.24, 2.45) is 5.73 Å². The summed E-state index contributed by atoms with van der Waals surface area (Å²) >= 11 is 0. The molecule has 0 aliphatic heterocycles. The predicted molar refractivity (Wildman–Crippen MR) is 74.6 cm³/mol. The number of carbonyl (C=O) groups excluding carboxylic acids is 1. The maximum Gasteiger partial charge on any atom is 0.221 e. The number of aromatic nitrogens is 1. The predicted octanol–water partition coefficient (Wildman–Crippen LogP) is 2.80. The van der Waals surface area contributed by atoms with Gasteiger partial charge >= 0.3 is 0 Å². The second-order valence-electron chi connectivity index (χ2n) is 5.88. The molecule has 0 saturated heterocycles. The number of benzene rings is 1. The standard InChI is InChI=1S/C15H20N2O/c1-9-11(8-14(16)18)12-7-10(15(2,3)4)5-6-13(12)17-9/h5-7,17H,8H2,1-4H3,(H2,16,18). The fourth-order valence-electron chi connectivity index (χ4n) is 2.25. The van der Waals surface area contributed by atoms with Crippen LogP contribution in [0.25, 0.3) is 10.9 Å². The third kappa shape index (κ3) is 2.26. The number of amides is 1. The van der Waals surface area contributed by atoms with Crippen molar-refractivity contribution in [2.45, 2.75) is 39.5 Å². The van der Waals surface area contributed by atoms with E-state index in [0.717, 1.165) is 22.2 Å². The smallest absolute Gasteiger partial charge is 0.221 e. The number of nitrogens with two attached hydrogens (primary N) is 1. The van der Waals surface area contributed by atoms with Crippen LogP contribution in [0, 0.1) is 6.92 Å². The van der Waals surface area contributed by atoms with E-state index in [9.17, 15) is 4.79 Å². The lowest BCUT2D eigenvalue weighted by molar-refractivity contribution is -0.117. The van der Waals surface area contributed by atoms with Gasteiger partial charge < -0.3 is 10.7 Å². The Labute approximate surface area is 107 Å². The molecular weight excluding hydrogens is 224 g/mol. The molecule has 96 valence electrons. The molecule has 1 amide bonds. The lowest BCUT2D eigenvalue weighted by atomic mass is 9.86. The number of rotatable bonds is 2. The molecule has 3 heteroatoms. The van der Waals surface area contributed by atoms with Gasteiger partial charge in [-0.05, 0) is 35.6 Å². The number of H-pyrrole nitrogens is 1. The largest absolute Gasteiger partial charge is 0.369 e. The van der Waals surface area contributed by atoms with E-state index in [1.54, 1.807) is 0 Å². The molecule has 1 aromatic heterocycles. The highest BCUT2D eigenvalue weighted by Gasteiger charge is 2.17. The van der Waals surface area contributed by atoms with E-state index in [4.69, 9.17) is 5.73 Å². The first-order chi connectivity index (χ1) is 8.29. The van der Waals surface area contributed by atoms with Gasteiger partial charge in [0.2, 0.25) is 5.91 Å². The van der Waals surface area contributed by atoms with E-state index in [0.29, 0.717) is 6.42 Å². The minimum absolute atomic E-state index is 0.101. The molecule has 0 atom stereocenters. The zero-order valence-electron chi connectivity index (χ0n) is 11.4. The van der Waals surface area contributed by atoms with Crippen molar-refractivity contribution in [3.05, 3.63) is 35.0 Å². The van der Waals surface area contributed by atoms with Gasteiger partial charge in [-0.25, -0.2) is 0 Å². The summed E-state index contributed by atoms with van der Waals surface area (Å²) in [7, 11) is 0. The fourth-order valence-corrected chi connectivity index (χ4v) is 2.25. The summed E-state index contributed by atoms with van der Waals surface area (Å²) < 4.78 is 0. The number of aryl methyl sites for hydroxylation is 1. The number of primary amides is 1. The van der Waals surface area contributed by atoms with Gasteiger partial charge in [0.15, 0.2) is 0 Å². The molecule has 0 aliphatic rings. The van der Waals surface area contributed by atoms with Crippen LogP contribution >= 0.6 is 0 Å². The number of carbonyl (C=O) groups is 1. The molecule has 0 saturated carbocycles. The summed E-state index contributed by atoms with van der Waals surface area (Å²) in [6.07, 6.45) is 0.291. The summed E-state index contributed by atoms with van der Waals surface area (Å²) in [6.45, 7) is 8.53. The lowest BCUT2D eigenvalue weighted by Crippen LogP contribution is -2.14. The average molecular weight is 244 g/mol. The Morgan fingerprint density at radius 1 is 1.33 bits per heavy atom. The molecule has 1 aromatic carbocycles. The van der Waals surface area contributed by atoms with Crippen molar-refractivity contribution in [3.8, 4) is 0 Å². The quantitative estimate of drug-likeness (QED) is 0.838. The fraction of sp³-hybridized carbons (Fsp3) is 0.400. The number of hydrogen-bond acceptors (Lipinski definition) is 1. The lowest BCUT2D eigenvalue weighted by Gasteiger charge is -2.19. The minimum Gasteiger partial charge on any atom is -0.369 e. The summed E-state index contributed by atoms with van der Waals surface area (Å²) in [6, 6.07) is 6.37. The van der Waals surface area contributed by atoms with Gasteiger partial charge in [-0.15, -0.1) is 0 Å². The maximum atomic E-state index is 11.2. The summed E-state index contributed by atoms with van der Waals surface area (Å²) in [4.78, 5) is 14.5. The summed E-state index contributed by atoms with van der Waals surface area (Å²) in [5, 5.41) is 1.11. The van der Waals surface area contributed by atoms with E-state index in [-0.39, 0.29) is 11.3 Å². The summed E-state index contributed by atoms with van der Waals surface area (Å²) in [5.41, 5.74) is 9.79. The zero-order valence-corrected chi connectivity index (χ0v) is 11.4. The highest BCUT2D eigenvalue weighted by molar-refractivity contribution is 5.90. The monoisotopic (exact) mass is 244 g/mol. The van der Waals surface area contributed by atoms with Crippen LogP contribution in [0.4, 0.5) is 0 Å². The van der Waals surface area contributed by atoms with Crippen molar-refractivity contribution < 1.29 is 4.79 Å². The summed E-state index contributed by atoms with van der Waals surface area (Å²) in [5.74, 6) is -0.292. The Hall–Kier alpha value is -1.77. The second kappa shape index (κ2) is 4.16. The van der Waals surface area contributed by atoms with Crippen molar-refractivity contribution in [1.82, 2.24) is 4.98 Å². The van der Waals surface area contributed by atoms with E-state index in [1.807, 2.05) is 6.92 Å². The van der Waals surface area contributed by atoms with Crippen molar-refractivity contribution >= 4 is 16.8 Å². The maximum absolute atomic E-state index is 11.2. The first-order valence-corrected chi connectivity index (χ1v) is 6.19. The number of aromatic amines is 1. The average Bonchev–Trinajstić information content (AvgIpc) is 2.53. The third-order valence-electron chi connectivity index (χ3n) is 3.34. The van der Waals surface area contributed by atoms with Gasteiger partial charge in [-0.3, -0.25) is 4.79 Å². The van der Waals surface area contributed by atoms with Crippen molar-refractivity contribution in [3.63, 3.8) is 0 Å². The molecule has 18 heavy (non-hydrogen) atoms. The molecule has 0 bridgehead atoms. The molecule has 0 fully saturated rings. The van der Waals surface area contributed by atoms with Crippen LogP contribution < -0.4 is 5.73 Å². The van der Waals surface area contributed by atoms with Gasteiger partial charge in [0.25, 0.3) is 0 Å². The van der Waals surface area contributed by atoms with E-state index < -0.39 is 0 Å². The Kier molecular flexibility index (Phi) is 2.93. The molecule has 3 N–H and O–H groups in total. The zero-order chi connectivity index (χ0) is 13.5. The van der Waals surface area contributed by atoms with Crippen molar-refractivity contribution in [1.29, 1.82) is 0 Å². The Morgan fingerprint density at radius 3 is 2.56 bits per heavy atom. The van der Waals surface area contributed by atoms with Crippen LogP contribution in [0.15, 0.2) is 18.2 Å². The highest BCUT2D eigenvalue weighted by Crippen LogP contribution is 2.29. The van der Waals surface area contributed by atoms with Crippen LogP contribution in [0.3, 0.4) is 0 Å². The van der Waals surface area contributed by atoms with Crippen LogP contribution in [0.5, 0.6) is 0 Å². The molecule has 3 nitrogen and oxygen atoms in total. The molecule has 2 aromatic rings. The Morgan fingerprint density at radius 2 is 2.00 bits per heavy atom. The molecule has 0 unspecified atom stereocenters. The van der Waals surface area contributed by atoms with Gasteiger partial charge in [-0.2, -0.15) is 0 Å². The molecule has 0 aliphatic carbocycles. The van der Waals surface area contributed by atoms with Gasteiger partial charge in [-0.1, -0.05) is 26.8 Å².